The van der Waals surface area contributed by atoms with Crippen LogP contribution < -0.4 is 4.90 Å². The van der Waals surface area contributed by atoms with Crippen LogP contribution in [0.2, 0.25) is 0 Å². The van der Waals surface area contributed by atoms with Crippen molar-refractivity contribution >= 4 is 11.8 Å². The lowest BCUT2D eigenvalue weighted by atomic mass is 9.76. The van der Waals surface area contributed by atoms with Crippen LogP contribution in [0.1, 0.15) is 31.5 Å². The number of carboxylic acid groups (broad SMARTS) is 1. The average Bonchev–Trinajstić information content (AvgIpc) is 2.90. The first kappa shape index (κ1) is 14.4. The maximum absolute atomic E-state index is 11.7. The fraction of sp³-hybridized carbons (Fsp3) is 0.643. The van der Waals surface area contributed by atoms with E-state index in [1.54, 1.807) is 18.7 Å². The van der Waals surface area contributed by atoms with Crippen LogP contribution in [0.25, 0.3) is 0 Å². The van der Waals surface area contributed by atoms with E-state index >= 15 is 0 Å². The highest BCUT2D eigenvalue weighted by Gasteiger charge is 2.48. The number of hydrogen-bond acceptors (Lipinski definition) is 4. The topological polar surface area (TPSA) is 82.2 Å². The van der Waals surface area contributed by atoms with Crippen molar-refractivity contribution in [3.63, 3.8) is 0 Å². The Kier molecular flexibility index (Phi) is 3.46. The summed E-state index contributed by atoms with van der Waals surface area (Å²) < 4.78 is 1.67. The van der Waals surface area contributed by atoms with E-state index in [1.807, 2.05) is 18.7 Å². The van der Waals surface area contributed by atoms with E-state index in [0.29, 0.717) is 30.8 Å². The number of carbonyl (C=O) groups is 1. The van der Waals surface area contributed by atoms with Gasteiger partial charge >= 0.3 is 5.97 Å². The van der Waals surface area contributed by atoms with Gasteiger partial charge in [-0.05, 0) is 19.3 Å². The Hall–Kier alpha value is -2.03. The quantitative estimate of drug-likeness (QED) is 0.905. The summed E-state index contributed by atoms with van der Waals surface area (Å²) >= 11 is 0. The molecule has 0 saturated carbocycles. The normalized spacial score (nSPS) is 22.3. The highest BCUT2D eigenvalue weighted by Crippen LogP contribution is 2.40. The smallest absolute Gasteiger partial charge is 0.311 e. The van der Waals surface area contributed by atoms with Gasteiger partial charge in [-0.25, -0.2) is 0 Å². The Balaban J connectivity index is 2.40. The van der Waals surface area contributed by atoms with Crippen molar-refractivity contribution in [1.29, 1.82) is 5.26 Å². The van der Waals surface area contributed by atoms with Crippen LogP contribution in [0, 0.1) is 29.6 Å². The number of anilines is 1. The van der Waals surface area contributed by atoms with Crippen molar-refractivity contribution < 1.29 is 9.90 Å². The van der Waals surface area contributed by atoms with E-state index in [-0.39, 0.29) is 5.92 Å². The molecule has 1 N–H and O–H groups in total. The third-order valence-electron chi connectivity index (χ3n) is 4.44. The Labute approximate surface area is 118 Å². The van der Waals surface area contributed by atoms with E-state index in [2.05, 4.69) is 11.2 Å². The molecule has 108 valence electrons. The van der Waals surface area contributed by atoms with Gasteiger partial charge in [0.05, 0.1) is 11.1 Å². The van der Waals surface area contributed by atoms with Gasteiger partial charge in [-0.2, -0.15) is 10.4 Å². The molecule has 1 aromatic heterocycles. The molecule has 1 aromatic rings. The number of nitrogens with zero attached hydrogens (tertiary/aromatic N) is 4. The maximum Gasteiger partial charge on any atom is 0.311 e. The molecule has 1 fully saturated rings. The number of carboxylic acids is 1. The van der Waals surface area contributed by atoms with E-state index in [4.69, 9.17) is 0 Å². The van der Waals surface area contributed by atoms with Gasteiger partial charge in [0.2, 0.25) is 0 Å². The summed E-state index contributed by atoms with van der Waals surface area (Å²) in [5.74, 6) is 0.0195. The molecule has 1 unspecified atom stereocenters. The van der Waals surface area contributed by atoms with Crippen LogP contribution >= 0.6 is 0 Å². The molecule has 0 amide bonds. The van der Waals surface area contributed by atoms with Gasteiger partial charge in [0, 0.05) is 20.1 Å². The van der Waals surface area contributed by atoms with Crippen molar-refractivity contribution in [1.82, 2.24) is 9.78 Å². The highest BCUT2D eigenvalue weighted by molar-refractivity contribution is 5.77. The fourth-order valence-electron chi connectivity index (χ4n) is 3.05. The van der Waals surface area contributed by atoms with Crippen LogP contribution in [0.15, 0.2) is 0 Å². The van der Waals surface area contributed by atoms with Gasteiger partial charge in [-0.3, -0.25) is 9.48 Å². The molecule has 0 spiro atoms. The zero-order valence-corrected chi connectivity index (χ0v) is 12.3. The second-order valence-electron chi connectivity index (χ2n) is 5.81. The summed E-state index contributed by atoms with van der Waals surface area (Å²) in [6.45, 7) is 6.74. The minimum atomic E-state index is -0.757. The van der Waals surface area contributed by atoms with Gasteiger partial charge < -0.3 is 10.0 Å². The van der Waals surface area contributed by atoms with Gasteiger partial charge in [-0.15, -0.1) is 0 Å². The van der Waals surface area contributed by atoms with E-state index in [9.17, 15) is 15.2 Å². The molecule has 1 aliphatic rings. The minimum absolute atomic E-state index is 0.0462. The Morgan fingerprint density at radius 1 is 1.55 bits per heavy atom. The first-order chi connectivity index (χ1) is 9.33. The molecule has 2 rings (SSSR count). The molecule has 1 atom stereocenters. The minimum Gasteiger partial charge on any atom is -0.481 e. The predicted molar refractivity (Wildman–Crippen MR) is 74.4 cm³/mol. The number of aryl methyl sites for hydroxylation is 2. The van der Waals surface area contributed by atoms with Crippen LogP contribution in [0.3, 0.4) is 0 Å². The van der Waals surface area contributed by atoms with Crippen molar-refractivity contribution in [2.45, 2.75) is 27.2 Å². The van der Waals surface area contributed by atoms with Crippen molar-refractivity contribution in [3.8, 4) is 6.07 Å². The molecule has 0 aliphatic carbocycles. The van der Waals surface area contributed by atoms with Gasteiger partial charge in [0.25, 0.3) is 0 Å². The zero-order chi connectivity index (χ0) is 15.1. The number of rotatable bonds is 3. The highest BCUT2D eigenvalue weighted by atomic mass is 16.4. The van der Waals surface area contributed by atoms with E-state index in [1.165, 1.54) is 0 Å². The standard InChI is InChI=1S/C14H20N4O2/c1-9(2)14(13(19)20)5-6-18(8-14)12-11(7-15)10(3)16-17(12)4/h9H,5-6,8H2,1-4H3,(H,19,20). The molecule has 1 saturated heterocycles. The van der Waals surface area contributed by atoms with Crippen molar-refractivity contribution in [2.75, 3.05) is 18.0 Å². The van der Waals surface area contributed by atoms with Gasteiger partial charge in [0.1, 0.15) is 17.5 Å². The molecule has 0 bridgehead atoms. The molecular weight excluding hydrogens is 256 g/mol. The van der Waals surface area contributed by atoms with Gasteiger partial charge in [-0.1, -0.05) is 13.8 Å². The lowest BCUT2D eigenvalue weighted by molar-refractivity contribution is -0.150. The SMILES string of the molecule is Cc1nn(C)c(N2CCC(C(=O)O)(C(C)C)C2)c1C#N. The summed E-state index contributed by atoms with van der Waals surface area (Å²) in [5, 5.41) is 23.1. The molecule has 6 nitrogen and oxygen atoms in total. The number of nitriles is 1. The fourth-order valence-corrected chi connectivity index (χ4v) is 3.05. The van der Waals surface area contributed by atoms with Crippen LogP contribution in [0.5, 0.6) is 0 Å². The maximum atomic E-state index is 11.7. The van der Waals surface area contributed by atoms with E-state index in [0.717, 1.165) is 5.82 Å². The second-order valence-corrected chi connectivity index (χ2v) is 5.81. The molecular formula is C14H20N4O2. The molecule has 0 radical (unpaired) electrons. The first-order valence-electron chi connectivity index (χ1n) is 6.75. The summed E-state index contributed by atoms with van der Waals surface area (Å²) in [6, 6.07) is 2.17. The monoisotopic (exact) mass is 276 g/mol. The van der Waals surface area contributed by atoms with Crippen LogP contribution in [0.4, 0.5) is 5.82 Å². The van der Waals surface area contributed by atoms with Crippen molar-refractivity contribution in [2.24, 2.45) is 18.4 Å². The number of aromatic nitrogens is 2. The summed E-state index contributed by atoms with van der Waals surface area (Å²) in [4.78, 5) is 13.7. The van der Waals surface area contributed by atoms with E-state index < -0.39 is 11.4 Å². The molecule has 6 heteroatoms. The molecule has 20 heavy (non-hydrogen) atoms. The molecule has 2 heterocycles. The average molecular weight is 276 g/mol. The first-order valence-corrected chi connectivity index (χ1v) is 6.75. The number of hydrogen-bond donors (Lipinski definition) is 1. The Morgan fingerprint density at radius 3 is 2.65 bits per heavy atom. The zero-order valence-electron chi connectivity index (χ0n) is 12.3. The van der Waals surface area contributed by atoms with Crippen LogP contribution in [-0.4, -0.2) is 33.9 Å². The lowest BCUT2D eigenvalue weighted by Crippen LogP contribution is -2.39. The van der Waals surface area contributed by atoms with Crippen molar-refractivity contribution in [3.05, 3.63) is 11.3 Å². The molecule has 0 aromatic carbocycles. The Bertz CT molecular complexity index is 585. The largest absolute Gasteiger partial charge is 0.481 e. The Morgan fingerprint density at radius 2 is 2.20 bits per heavy atom. The van der Waals surface area contributed by atoms with Gasteiger partial charge in [0.15, 0.2) is 0 Å². The summed E-state index contributed by atoms with van der Waals surface area (Å²) in [7, 11) is 1.79. The molecule has 1 aliphatic heterocycles. The second kappa shape index (κ2) is 4.82. The summed E-state index contributed by atoms with van der Waals surface area (Å²) in [6.07, 6.45) is 0.592. The summed E-state index contributed by atoms with van der Waals surface area (Å²) in [5.41, 5.74) is 0.477. The van der Waals surface area contributed by atoms with Crippen LogP contribution in [-0.2, 0) is 11.8 Å². The third kappa shape index (κ3) is 1.94. The lowest BCUT2D eigenvalue weighted by Gasteiger charge is -2.29. The number of aliphatic carboxylic acids is 1. The predicted octanol–water partition coefficient (Wildman–Crippen LogP) is 1.54. The third-order valence-corrected chi connectivity index (χ3v) is 4.44.